The van der Waals surface area contributed by atoms with Crippen molar-refractivity contribution < 1.29 is 9.90 Å². The third kappa shape index (κ3) is 3.78. The second kappa shape index (κ2) is 6.68. The second-order valence-corrected chi connectivity index (χ2v) is 5.66. The quantitative estimate of drug-likeness (QED) is 0.447. The van der Waals surface area contributed by atoms with E-state index in [1.807, 2.05) is 12.1 Å². The lowest BCUT2D eigenvalue weighted by atomic mass is 10.1. The summed E-state index contributed by atoms with van der Waals surface area (Å²) in [6, 6.07) is 3.75. The molecule has 0 radical (unpaired) electrons. The Balaban J connectivity index is 1.84. The summed E-state index contributed by atoms with van der Waals surface area (Å²) in [5, 5.41) is 14.8. The van der Waals surface area contributed by atoms with Gasteiger partial charge in [-0.25, -0.2) is 0 Å². The molecule has 2 rings (SSSR count). The van der Waals surface area contributed by atoms with Crippen LogP contribution in [0.3, 0.4) is 0 Å². The number of rotatable bonds is 7. The maximum Gasteiger partial charge on any atom is 0.228 e. The zero-order chi connectivity index (χ0) is 13.7. The average Bonchev–Trinajstić information content (AvgIpc) is 2.72. The van der Waals surface area contributed by atoms with Crippen LogP contribution >= 0.6 is 11.8 Å². The van der Waals surface area contributed by atoms with E-state index in [9.17, 15) is 4.79 Å². The van der Waals surface area contributed by atoms with Crippen LogP contribution in [0.2, 0.25) is 0 Å². The van der Waals surface area contributed by atoms with Crippen molar-refractivity contribution in [2.45, 2.75) is 12.8 Å². The molecule has 0 aliphatic carbocycles. The Morgan fingerprint density at radius 2 is 2.26 bits per heavy atom. The summed E-state index contributed by atoms with van der Waals surface area (Å²) < 4.78 is 0. The summed E-state index contributed by atoms with van der Waals surface area (Å²) >= 11 is 1.80. The fourth-order valence-corrected chi connectivity index (χ4v) is 2.76. The van der Waals surface area contributed by atoms with Crippen LogP contribution in [-0.4, -0.2) is 35.7 Å². The average molecular weight is 281 g/mol. The second-order valence-electron chi connectivity index (χ2n) is 4.44. The Morgan fingerprint density at radius 1 is 1.42 bits per heavy atom. The van der Waals surface area contributed by atoms with Crippen molar-refractivity contribution in [3.05, 3.63) is 17.7 Å². The SMILES string of the molecule is Nc1cc2c(cc1NCCSCCCO)NC(=O)C2. The van der Waals surface area contributed by atoms with Gasteiger partial charge < -0.3 is 21.5 Å². The first-order valence-corrected chi connectivity index (χ1v) is 7.51. The molecule has 0 saturated heterocycles. The molecule has 1 heterocycles. The van der Waals surface area contributed by atoms with E-state index in [0.29, 0.717) is 12.1 Å². The molecule has 5 N–H and O–H groups in total. The lowest BCUT2D eigenvalue weighted by molar-refractivity contribution is -0.115. The molecule has 1 amide bonds. The Kier molecular flexibility index (Phi) is 4.93. The fraction of sp³-hybridized carbons (Fsp3) is 0.462. The van der Waals surface area contributed by atoms with Gasteiger partial charge in [-0.1, -0.05) is 0 Å². The fourth-order valence-electron chi connectivity index (χ4n) is 1.97. The molecule has 0 bridgehead atoms. The predicted molar refractivity (Wildman–Crippen MR) is 80.7 cm³/mol. The Hall–Kier alpha value is -1.40. The standard InChI is InChI=1S/C13H19N3O2S/c14-10-6-9-7-13(18)16-11(9)8-12(10)15-2-5-19-4-1-3-17/h6,8,15,17H,1-5,7,14H2,(H,16,18). The molecule has 0 saturated carbocycles. The van der Waals surface area contributed by atoms with Crippen molar-refractivity contribution in [1.29, 1.82) is 0 Å². The molecular weight excluding hydrogens is 262 g/mol. The minimum absolute atomic E-state index is 0.0195. The van der Waals surface area contributed by atoms with Gasteiger partial charge in [0.25, 0.3) is 0 Å². The smallest absolute Gasteiger partial charge is 0.228 e. The van der Waals surface area contributed by atoms with E-state index in [2.05, 4.69) is 10.6 Å². The van der Waals surface area contributed by atoms with E-state index in [0.717, 1.165) is 41.4 Å². The van der Waals surface area contributed by atoms with Gasteiger partial charge in [-0.3, -0.25) is 4.79 Å². The number of hydrogen-bond donors (Lipinski definition) is 4. The van der Waals surface area contributed by atoms with Crippen LogP contribution in [0, 0.1) is 0 Å². The summed E-state index contributed by atoms with van der Waals surface area (Å²) in [5.41, 5.74) is 9.32. The molecule has 1 aliphatic rings. The van der Waals surface area contributed by atoms with Crippen LogP contribution in [0.15, 0.2) is 12.1 Å². The summed E-state index contributed by atoms with van der Waals surface area (Å²) in [4.78, 5) is 11.3. The van der Waals surface area contributed by atoms with Gasteiger partial charge in [0.15, 0.2) is 0 Å². The molecular formula is C13H19N3O2S. The zero-order valence-electron chi connectivity index (χ0n) is 10.7. The molecule has 5 nitrogen and oxygen atoms in total. The number of nitrogens with two attached hydrogens (primary N) is 1. The summed E-state index contributed by atoms with van der Waals surface area (Å²) in [7, 11) is 0. The first kappa shape index (κ1) is 14.0. The number of amides is 1. The number of carbonyl (C=O) groups is 1. The molecule has 0 spiro atoms. The molecule has 1 aliphatic heterocycles. The normalized spacial score (nSPS) is 13.2. The number of fused-ring (bicyclic) bond motifs is 1. The number of benzene rings is 1. The van der Waals surface area contributed by atoms with Crippen LogP contribution in [0.4, 0.5) is 17.1 Å². The van der Waals surface area contributed by atoms with E-state index in [-0.39, 0.29) is 12.5 Å². The van der Waals surface area contributed by atoms with E-state index < -0.39 is 0 Å². The number of nitrogens with one attached hydrogen (secondary N) is 2. The van der Waals surface area contributed by atoms with E-state index >= 15 is 0 Å². The van der Waals surface area contributed by atoms with Gasteiger partial charge in [-0.2, -0.15) is 11.8 Å². The molecule has 1 aromatic rings. The number of aliphatic hydroxyl groups is 1. The molecule has 6 heteroatoms. The van der Waals surface area contributed by atoms with Crippen molar-refractivity contribution in [2.75, 3.05) is 41.0 Å². The Labute approximate surface area is 116 Å². The van der Waals surface area contributed by atoms with Crippen LogP contribution in [0.25, 0.3) is 0 Å². The molecule has 1 aromatic carbocycles. The minimum atomic E-state index is 0.0195. The van der Waals surface area contributed by atoms with Crippen molar-refractivity contribution in [1.82, 2.24) is 0 Å². The molecule has 0 atom stereocenters. The van der Waals surface area contributed by atoms with Gasteiger partial charge in [-0.05, 0) is 29.9 Å². The van der Waals surface area contributed by atoms with E-state index in [4.69, 9.17) is 10.8 Å². The van der Waals surface area contributed by atoms with Crippen molar-refractivity contribution in [3.8, 4) is 0 Å². The third-order valence-corrected chi connectivity index (χ3v) is 3.98. The van der Waals surface area contributed by atoms with Gasteiger partial charge in [0.05, 0.1) is 17.8 Å². The number of carbonyl (C=O) groups excluding carboxylic acids is 1. The number of hydrogen-bond acceptors (Lipinski definition) is 5. The molecule has 0 unspecified atom stereocenters. The van der Waals surface area contributed by atoms with Gasteiger partial charge in [-0.15, -0.1) is 0 Å². The third-order valence-electron chi connectivity index (χ3n) is 2.91. The number of thioether (sulfide) groups is 1. The van der Waals surface area contributed by atoms with E-state index in [1.165, 1.54) is 0 Å². The summed E-state index contributed by atoms with van der Waals surface area (Å²) in [5.74, 6) is 1.95. The highest BCUT2D eigenvalue weighted by molar-refractivity contribution is 7.99. The molecule has 104 valence electrons. The highest BCUT2D eigenvalue weighted by atomic mass is 32.2. The predicted octanol–water partition coefficient (Wildman–Crippen LogP) is 1.29. The monoisotopic (exact) mass is 281 g/mol. The number of nitrogen functional groups attached to an aromatic ring is 1. The highest BCUT2D eigenvalue weighted by Gasteiger charge is 2.18. The lowest BCUT2D eigenvalue weighted by Gasteiger charge is -2.11. The van der Waals surface area contributed by atoms with Gasteiger partial charge in [0, 0.05) is 24.6 Å². The molecule has 0 fully saturated rings. The zero-order valence-corrected chi connectivity index (χ0v) is 11.6. The van der Waals surface area contributed by atoms with Crippen molar-refractivity contribution in [3.63, 3.8) is 0 Å². The van der Waals surface area contributed by atoms with Gasteiger partial charge >= 0.3 is 0 Å². The molecule has 19 heavy (non-hydrogen) atoms. The van der Waals surface area contributed by atoms with Crippen LogP contribution in [-0.2, 0) is 11.2 Å². The van der Waals surface area contributed by atoms with Crippen molar-refractivity contribution >= 4 is 34.7 Å². The maximum absolute atomic E-state index is 11.3. The lowest BCUT2D eigenvalue weighted by Crippen LogP contribution is -2.07. The first-order valence-electron chi connectivity index (χ1n) is 6.35. The van der Waals surface area contributed by atoms with Crippen LogP contribution < -0.4 is 16.4 Å². The Morgan fingerprint density at radius 3 is 3.05 bits per heavy atom. The van der Waals surface area contributed by atoms with E-state index in [1.54, 1.807) is 11.8 Å². The largest absolute Gasteiger partial charge is 0.397 e. The van der Waals surface area contributed by atoms with Gasteiger partial charge in [0.2, 0.25) is 5.91 Å². The van der Waals surface area contributed by atoms with Crippen molar-refractivity contribution in [2.24, 2.45) is 0 Å². The summed E-state index contributed by atoms with van der Waals surface area (Å²) in [6.07, 6.45) is 1.24. The first-order chi connectivity index (χ1) is 9.20. The summed E-state index contributed by atoms with van der Waals surface area (Å²) in [6.45, 7) is 1.06. The maximum atomic E-state index is 11.3. The topological polar surface area (TPSA) is 87.4 Å². The minimum Gasteiger partial charge on any atom is -0.397 e. The number of aliphatic hydroxyl groups excluding tert-OH is 1. The van der Waals surface area contributed by atoms with Crippen LogP contribution in [0.5, 0.6) is 0 Å². The molecule has 0 aromatic heterocycles. The Bertz CT molecular complexity index is 465. The number of anilines is 3. The van der Waals surface area contributed by atoms with Crippen LogP contribution in [0.1, 0.15) is 12.0 Å². The van der Waals surface area contributed by atoms with Gasteiger partial charge in [0.1, 0.15) is 0 Å². The highest BCUT2D eigenvalue weighted by Crippen LogP contribution is 2.31.